The fourth-order valence-electron chi connectivity index (χ4n) is 2.18. The number of alkyl halides is 1. The Balaban J connectivity index is 2.57. The molecule has 0 radical (unpaired) electrons. The van der Waals surface area contributed by atoms with Crippen molar-refractivity contribution >= 4 is 38.6 Å². The SMILES string of the molecule is CC(Cl)c1nc2cc(Br)ccc2n1CC(C)(C)C(C)C. The first-order valence-electron chi connectivity index (χ1n) is 7.02. The largest absolute Gasteiger partial charge is 0.326 e. The minimum absolute atomic E-state index is 0.0934. The molecule has 1 heterocycles. The number of halogens is 2. The van der Waals surface area contributed by atoms with Crippen LogP contribution in [-0.2, 0) is 6.54 Å². The summed E-state index contributed by atoms with van der Waals surface area (Å²) in [6, 6.07) is 6.23. The Bertz CT molecular complexity index is 614. The lowest BCUT2D eigenvalue weighted by Gasteiger charge is -2.31. The molecule has 2 aromatic rings. The van der Waals surface area contributed by atoms with E-state index in [0.29, 0.717) is 5.92 Å². The van der Waals surface area contributed by atoms with Gasteiger partial charge in [-0.1, -0.05) is 43.6 Å². The summed E-state index contributed by atoms with van der Waals surface area (Å²) in [6.07, 6.45) is 0. The molecule has 2 nitrogen and oxygen atoms in total. The van der Waals surface area contributed by atoms with E-state index in [1.54, 1.807) is 0 Å². The summed E-state index contributed by atoms with van der Waals surface area (Å²) in [5, 5.41) is -0.0934. The molecule has 4 heteroatoms. The highest BCUT2D eigenvalue weighted by Gasteiger charge is 2.26. The molecule has 1 aromatic carbocycles. The number of aromatic nitrogens is 2. The van der Waals surface area contributed by atoms with Crippen molar-refractivity contribution in [1.82, 2.24) is 9.55 Å². The predicted molar refractivity (Wildman–Crippen MR) is 90.3 cm³/mol. The third-order valence-corrected chi connectivity index (χ3v) is 4.91. The molecule has 1 unspecified atom stereocenters. The van der Waals surface area contributed by atoms with Crippen molar-refractivity contribution < 1.29 is 0 Å². The Morgan fingerprint density at radius 1 is 1.30 bits per heavy atom. The highest BCUT2D eigenvalue weighted by Crippen LogP contribution is 2.33. The summed E-state index contributed by atoms with van der Waals surface area (Å²) in [6.45, 7) is 12.0. The number of imidazole rings is 1. The second-order valence-electron chi connectivity index (χ2n) is 6.45. The standard InChI is InChI=1S/C16H22BrClN2/c1-10(2)16(4,5)9-20-14-7-6-12(17)8-13(14)19-15(20)11(3)18/h6-8,10-11H,9H2,1-5H3. The fourth-order valence-corrected chi connectivity index (χ4v) is 2.70. The van der Waals surface area contributed by atoms with Gasteiger partial charge in [0.15, 0.2) is 0 Å². The van der Waals surface area contributed by atoms with Gasteiger partial charge >= 0.3 is 0 Å². The minimum Gasteiger partial charge on any atom is -0.326 e. The number of benzene rings is 1. The van der Waals surface area contributed by atoms with Gasteiger partial charge < -0.3 is 4.57 Å². The third kappa shape index (κ3) is 3.04. The molecule has 1 atom stereocenters. The first-order valence-corrected chi connectivity index (χ1v) is 8.25. The van der Waals surface area contributed by atoms with Crippen molar-refractivity contribution in [3.8, 4) is 0 Å². The molecule has 1 aromatic heterocycles. The number of nitrogens with zero attached hydrogens (tertiary/aromatic N) is 2. The lowest BCUT2D eigenvalue weighted by Crippen LogP contribution is -2.26. The summed E-state index contributed by atoms with van der Waals surface area (Å²) < 4.78 is 3.32. The zero-order valence-corrected chi connectivity index (χ0v) is 15.1. The average molecular weight is 358 g/mol. The van der Waals surface area contributed by atoms with Gasteiger partial charge in [-0.3, -0.25) is 0 Å². The van der Waals surface area contributed by atoms with Gasteiger partial charge in [-0.25, -0.2) is 4.98 Å². The van der Waals surface area contributed by atoms with Crippen LogP contribution in [0.2, 0.25) is 0 Å². The molecule has 0 saturated heterocycles. The molecule has 0 saturated carbocycles. The maximum atomic E-state index is 6.33. The molecule has 0 amide bonds. The lowest BCUT2D eigenvalue weighted by molar-refractivity contribution is 0.210. The van der Waals surface area contributed by atoms with Gasteiger partial charge in [0.05, 0.1) is 16.4 Å². The number of rotatable bonds is 4. The van der Waals surface area contributed by atoms with Crippen LogP contribution in [0.5, 0.6) is 0 Å². The van der Waals surface area contributed by atoms with Gasteiger partial charge in [-0.2, -0.15) is 0 Å². The topological polar surface area (TPSA) is 17.8 Å². The molecular weight excluding hydrogens is 336 g/mol. The van der Waals surface area contributed by atoms with Crippen LogP contribution in [0.15, 0.2) is 22.7 Å². The summed E-state index contributed by atoms with van der Waals surface area (Å²) >= 11 is 9.84. The summed E-state index contributed by atoms with van der Waals surface area (Å²) in [7, 11) is 0. The Kier molecular flexibility index (Phi) is 4.50. The highest BCUT2D eigenvalue weighted by atomic mass is 79.9. The highest BCUT2D eigenvalue weighted by molar-refractivity contribution is 9.10. The Morgan fingerprint density at radius 2 is 1.95 bits per heavy atom. The van der Waals surface area contributed by atoms with Crippen LogP contribution >= 0.6 is 27.5 Å². The van der Waals surface area contributed by atoms with E-state index in [4.69, 9.17) is 16.6 Å². The van der Waals surface area contributed by atoms with Gasteiger partial charge in [0, 0.05) is 11.0 Å². The van der Waals surface area contributed by atoms with Crippen LogP contribution in [0.4, 0.5) is 0 Å². The first kappa shape index (κ1) is 15.8. The van der Waals surface area contributed by atoms with Crippen molar-refractivity contribution in [2.75, 3.05) is 0 Å². The van der Waals surface area contributed by atoms with Gasteiger partial charge in [-0.05, 0) is 36.5 Å². The molecule has 2 rings (SSSR count). The molecule has 0 fully saturated rings. The normalized spacial score (nSPS) is 14.2. The third-order valence-electron chi connectivity index (χ3n) is 4.22. The van der Waals surface area contributed by atoms with Crippen LogP contribution in [-0.4, -0.2) is 9.55 Å². The van der Waals surface area contributed by atoms with Crippen LogP contribution in [0, 0.1) is 11.3 Å². The molecule has 0 bridgehead atoms. The van der Waals surface area contributed by atoms with E-state index in [1.807, 2.05) is 6.92 Å². The van der Waals surface area contributed by atoms with Crippen LogP contribution in [0.3, 0.4) is 0 Å². The van der Waals surface area contributed by atoms with Crippen LogP contribution < -0.4 is 0 Å². The zero-order chi connectivity index (χ0) is 15.1. The molecule has 0 aliphatic heterocycles. The predicted octanol–water partition coefficient (Wildman–Crippen LogP) is 5.78. The van der Waals surface area contributed by atoms with Crippen molar-refractivity contribution in [2.24, 2.45) is 11.3 Å². The second-order valence-corrected chi connectivity index (χ2v) is 8.02. The smallest absolute Gasteiger partial charge is 0.127 e. The van der Waals surface area contributed by atoms with E-state index in [2.05, 4.69) is 66.4 Å². The van der Waals surface area contributed by atoms with Crippen molar-refractivity contribution in [3.63, 3.8) is 0 Å². The van der Waals surface area contributed by atoms with E-state index in [0.717, 1.165) is 27.9 Å². The van der Waals surface area contributed by atoms with E-state index >= 15 is 0 Å². The maximum absolute atomic E-state index is 6.33. The lowest BCUT2D eigenvalue weighted by atomic mass is 9.81. The van der Waals surface area contributed by atoms with Crippen molar-refractivity contribution in [1.29, 1.82) is 0 Å². The van der Waals surface area contributed by atoms with E-state index in [1.165, 1.54) is 0 Å². The molecule has 0 aliphatic carbocycles. The van der Waals surface area contributed by atoms with Crippen molar-refractivity contribution in [2.45, 2.75) is 46.5 Å². The maximum Gasteiger partial charge on any atom is 0.127 e. The molecule has 20 heavy (non-hydrogen) atoms. The number of hydrogen-bond acceptors (Lipinski definition) is 1. The van der Waals surface area contributed by atoms with Crippen LogP contribution in [0.1, 0.15) is 45.8 Å². The molecule has 110 valence electrons. The Morgan fingerprint density at radius 3 is 2.50 bits per heavy atom. The van der Waals surface area contributed by atoms with Crippen LogP contribution in [0.25, 0.3) is 11.0 Å². The van der Waals surface area contributed by atoms with Crippen molar-refractivity contribution in [3.05, 3.63) is 28.5 Å². The minimum atomic E-state index is -0.0934. The summed E-state index contributed by atoms with van der Waals surface area (Å²) in [4.78, 5) is 4.72. The average Bonchev–Trinajstić information content (AvgIpc) is 2.66. The number of fused-ring (bicyclic) bond motifs is 1. The molecular formula is C16H22BrClN2. The summed E-state index contributed by atoms with van der Waals surface area (Å²) in [5.74, 6) is 1.54. The Hall–Kier alpha value is -0.540. The second kappa shape index (κ2) is 5.69. The first-order chi connectivity index (χ1) is 9.22. The Labute approximate surface area is 134 Å². The van der Waals surface area contributed by atoms with E-state index < -0.39 is 0 Å². The molecule has 0 aliphatic rings. The van der Waals surface area contributed by atoms with E-state index in [9.17, 15) is 0 Å². The monoisotopic (exact) mass is 356 g/mol. The molecule has 0 N–H and O–H groups in total. The quantitative estimate of drug-likeness (QED) is 0.634. The van der Waals surface area contributed by atoms with Gasteiger partial charge in [0.2, 0.25) is 0 Å². The van der Waals surface area contributed by atoms with Gasteiger partial charge in [0.25, 0.3) is 0 Å². The molecule has 0 spiro atoms. The van der Waals surface area contributed by atoms with Gasteiger partial charge in [-0.15, -0.1) is 11.6 Å². The fraction of sp³-hybridized carbons (Fsp3) is 0.562. The zero-order valence-electron chi connectivity index (χ0n) is 12.7. The summed E-state index contributed by atoms with van der Waals surface area (Å²) in [5.41, 5.74) is 2.35. The van der Waals surface area contributed by atoms with E-state index in [-0.39, 0.29) is 10.8 Å². The number of hydrogen-bond donors (Lipinski definition) is 0. The van der Waals surface area contributed by atoms with Gasteiger partial charge in [0.1, 0.15) is 5.82 Å².